The topological polar surface area (TPSA) is 71.8 Å². The van der Waals surface area contributed by atoms with Crippen LogP contribution in [-0.2, 0) is 0 Å². The van der Waals surface area contributed by atoms with Gasteiger partial charge < -0.3 is 10.7 Å². The average Bonchev–Trinajstić information content (AvgIpc) is 2.46. The molecule has 0 aliphatic heterocycles. The van der Waals surface area contributed by atoms with E-state index in [0.717, 1.165) is 5.39 Å². The van der Waals surface area contributed by atoms with Crippen LogP contribution < -0.4 is 5.73 Å². The first kappa shape index (κ1) is 8.07. The highest BCUT2D eigenvalue weighted by atomic mass is 35.5. The van der Waals surface area contributed by atoms with Crippen LogP contribution in [0.25, 0.3) is 11.0 Å². The Hall–Kier alpha value is -1.55. The summed E-state index contributed by atoms with van der Waals surface area (Å²) < 4.78 is 0. The molecule has 0 saturated carbocycles. The van der Waals surface area contributed by atoms with Crippen LogP contribution in [0.2, 0.25) is 5.02 Å². The van der Waals surface area contributed by atoms with Gasteiger partial charge in [0.25, 0.3) is 5.91 Å². The number of hydrogen-bond donors (Lipinski definition) is 2. The summed E-state index contributed by atoms with van der Waals surface area (Å²) in [5, 5.41) is 1.31. The van der Waals surface area contributed by atoms with Crippen LogP contribution in [0.1, 0.15) is 10.5 Å². The molecule has 1 amide bonds. The van der Waals surface area contributed by atoms with Gasteiger partial charge in [-0.15, -0.1) is 0 Å². The molecule has 4 nitrogen and oxygen atoms in total. The summed E-state index contributed by atoms with van der Waals surface area (Å²) in [5.41, 5.74) is 6.03. The predicted octanol–water partition coefficient (Wildman–Crippen LogP) is 1.32. The van der Waals surface area contributed by atoms with Gasteiger partial charge in [0.05, 0.1) is 5.02 Å². The third-order valence-corrected chi connectivity index (χ3v) is 1.91. The zero-order valence-electron chi connectivity index (χ0n) is 6.54. The van der Waals surface area contributed by atoms with Crippen LogP contribution in [0.4, 0.5) is 0 Å². The second kappa shape index (κ2) is 2.74. The second-order valence-corrected chi connectivity index (χ2v) is 3.08. The number of H-pyrrole nitrogens is 1. The van der Waals surface area contributed by atoms with Crippen LogP contribution in [0, 0.1) is 0 Å². The average molecular weight is 196 g/mol. The number of carbonyl (C=O) groups is 1. The molecule has 0 fully saturated rings. The van der Waals surface area contributed by atoms with E-state index in [1.165, 1.54) is 6.20 Å². The lowest BCUT2D eigenvalue weighted by molar-refractivity contribution is 0.0996. The quantitative estimate of drug-likeness (QED) is 0.720. The lowest BCUT2D eigenvalue weighted by Gasteiger charge is -1.87. The van der Waals surface area contributed by atoms with Crippen molar-refractivity contribution in [3.8, 4) is 0 Å². The van der Waals surface area contributed by atoms with E-state index in [4.69, 9.17) is 17.3 Å². The minimum atomic E-state index is -0.505. The Morgan fingerprint density at radius 3 is 3.00 bits per heavy atom. The smallest absolute Gasteiger partial charge is 0.265 e. The fourth-order valence-electron chi connectivity index (χ4n) is 1.12. The van der Waals surface area contributed by atoms with Crippen molar-refractivity contribution >= 4 is 28.5 Å². The number of amides is 1. The molecular formula is C8H6ClN3O. The Labute approximate surface area is 78.7 Å². The van der Waals surface area contributed by atoms with E-state index < -0.39 is 5.91 Å². The summed E-state index contributed by atoms with van der Waals surface area (Å²) in [6.45, 7) is 0. The van der Waals surface area contributed by atoms with E-state index in [2.05, 4.69) is 9.97 Å². The molecule has 0 spiro atoms. The van der Waals surface area contributed by atoms with E-state index in [1.54, 1.807) is 12.1 Å². The first-order chi connectivity index (χ1) is 6.16. The van der Waals surface area contributed by atoms with Crippen LogP contribution in [0.3, 0.4) is 0 Å². The summed E-state index contributed by atoms with van der Waals surface area (Å²) in [5.74, 6) is -0.505. The van der Waals surface area contributed by atoms with Crippen molar-refractivity contribution < 1.29 is 4.79 Å². The molecule has 0 aliphatic carbocycles. The summed E-state index contributed by atoms with van der Waals surface area (Å²) in [6.07, 6.45) is 1.51. The van der Waals surface area contributed by atoms with Crippen molar-refractivity contribution in [2.75, 3.05) is 0 Å². The molecule has 2 aromatic rings. The summed E-state index contributed by atoms with van der Waals surface area (Å²) in [4.78, 5) is 17.6. The van der Waals surface area contributed by atoms with Gasteiger partial charge in [0.2, 0.25) is 0 Å². The number of nitrogens with one attached hydrogen (secondary N) is 1. The Morgan fingerprint density at radius 2 is 2.31 bits per heavy atom. The number of nitrogens with two attached hydrogens (primary N) is 1. The number of nitrogens with zero attached hydrogens (tertiary/aromatic N) is 1. The molecule has 2 rings (SSSR count). The summed E-state index contributed by atoms with van der Waals surface area (Å²) in [6, 6.07) is 3.34. The van der Waals surface area contributed by atoms with Crippen molar-refractivity contribution in [2.45, 2.75) is 0 Å². The van der Waals surface area contributed by atoms with Crippen molar-refractivity contribution in [3.05, 3.63) is 29.0 Å². The maximum atomic E-state index is 10.8. The Morgan fingerprint density at radius 1 is 1.54 bits per heavy atom. The molecule has 66 valence electrons. The minimum absolute atomic E-state index is 0.338. The minimum Gasteiger partial charge on any atom is -0.364 e. The van der Waals surface area contributed by atoms with E-state index in [0.29, 0.717) is 16.4 Å². The number of aromatic amines is 1. The van der Waals surface area contributed by atoms with Gasteiger partial charge in [-0.1, -0.05) is 11.6 Å². The Balaban J connectivity index is 2.68. The summed E-state index contributed by atoms with van der Waals surface area (Å²) >= 11 is 5.71. The molecule has 5 heteroatoms. The van der Waals surface area contributed by atoms with Gasteiger partial charge in [-0.05, 0) is 12.1 Å². The van der Waals surface area contributed by atoms with Gasteiger partial charge >= 0.3 is 0 Å². The maximum absolute atomic E-state index is 10.8. The van der Waals surface area contributed by atoms with Gasteiger partial charge in [0.1, 0.15) is 11.3 Å². The van der Waals surface area contributed by atoms with Crippen molar-refractivity contribution in [3.63, 3.8) is 0 Å². The lowest BCUT2D eigenvalue weighted by Crippen LogP contribution is -2.10. The van der Waals surface area contributed by atoms with E-state index in [1.807, 2.05) is 0 Å². The van der Waals surface area contributed by atoms with Crippen LogP contribution in [-0.4, -0.2) is 15.9 Å². The van der Waals surface area contributed by atoms with Crippen LogP contribution >= 0.6 is 11.6 Å². The number of carbonyl (C=O) groups excluding carboxylic acids is 1. The second-order valence-electron chi connectivity index (χ2n) is 2.64. The molecule has 2 heterocycles. The molecule has 13 heavy (non-hydrogen) atoms. The van der Waals surface area contributed by atoms with Crippen LogP contribution in [0.5, 0.6) is 0 Å². The Bertz CT molecular complexity index is 477. The van der Waals surface area contributed by atoms with Gasteiger partial charge in [0, 0.05) is 11.6 Å². The number of aromatic nitrogens is 2. The van der Waals surface area contributed by atoms with Gasteiger partial charge in [0.15, 0.2) is 0 Å². The van der Waals surface area contributed by atoms with Gasteiger partial charge in [-0.2, -0.15) is 0 Å². The normalized spacial score (nSPS) is 10.5. The predicted molar refractivity (Wildman–Crippen MR) is 49.6 cm³/mol. The standard InChI is InChI=1S/C8H6ClN3O/c9-5-1-4-2-6(7(10)13)12-8(4)11-3-5/h1-3H,(H2,10,13)(H,11,12). The largest absolute Gasteiger partial charge is 0.364 e. The number of rotatable bonds is 1. The monoisotopic (exact) mass is 195 g/mol. The molecule has 0 aromatic carbocycles. The number of fused-ring (bicyclic) bond motifs is 1. The highest BCUT2D eigenvalue weighted by Crippen LogP contribution is 2.17. The molecule has 0 unspecified atom stereocenters. The fourth-order valence-corrected chi connectivity index (χ4v) is 1.29. The highest BCUT2D eigenvalue weighted by molar-refractivity contribution is 6.31. The number of halogens is 1. The SMILES string of the molecule is NC(=O)c1cc2cc(Cl)cnc2[nH]1. The van der Waals surface area contributed by atoms with E-state index in [9.17, 15) is 4.79 Å². The molecule has 0 atom stereocenters. The number of primary amides is 1. The Kier molecular flexibility index (Phi) is 1.70. The van der Waals surface area contributed by atoms with Crippen LogP contribution in [0.15, 0.2) is 18.3 Å². The number of pyridine rings is 1. The molecule has 3 N–H and O–H groups in total. The number of hydrogen-bond acceptors (Lipinski definition) is 2. The third kappa shape index (κ3) is 1.36. The maximum Gasteiger partial charge on any atom is 0.265 e. The van der Waals surface area contributed by atoms with Crippen molar-refractivity contribution in [2.24, 2.45) is 5.73 Å². The van der Waals surface area contributed by atoms with Gasteiger partial charge in [-0.25, -0.2) is 4.98 Å². The third-order valence-electron chi connectivity index (χ3n) is 1.70. The molecule has 2 aromatic heterocycles. The highest BCUT2D eigenvalue weighted by Gasteiger charge is 2.05. The molecule has 0 aliphatic rings. The van der Waals surface area contributed by atoms with Crippen molar-refractivity contribution in [1.82, 2.24) is 9.97 Å². The first-order valence-corrected chi connectivity index (χ1v) is 3.98. The van der Waals surface area contributed by atoms with E-state index in [-0.39, 0.29) is 0 Å². The first-order valence-electron chi connectivity index (χ1n) is 3.61. The van der Waals surface area contributed by atoms with Crippen molar-refractivity contribution in [1.29, 1.82) is 0 Å². The zero-order chi connectivity index (χ0) is 9.42. The van der Waals surface area contributed by atoms with Gasteiger partial charge in [-0.3, -0.25) is 4.79 Å². The lowest BCUT2D eigenvalue weighted by atomic mass is 10.3. The molecular weight excluding hydrogens is 190 g/mol. The fraction of sp³-hybridized carbons (Fsp3) is 0. The molecule has 0 radical (unpaired) electrons. The molecule has 0 bridgehead atoms. The van der Waals surface area contributed by atoms with E-state index >= 15 is 0 Å². The summed E-state index contributed by atoms with van der Waals surface area (Å²) in [7, 11) is 0. The molecule has 0 saturated heterocycles. The zero-order valence-corrected chi connectivity index (χ0v) is 7.30.